The van der Waals surface area contributed by atoms with Crippen LogP contribution in [0, 0.1) is 0 Å². The number of nitrogens with zero attached hydrogens (tertiary/aromatic N) is 1. The van der Waals surface area contributed by atoms with Crippen LogP contribution in [-0.2, 0) is 17.8 Å². The zero-order valence-electron chi connectivity index (χ0n) is 10.4. The molecule has 0 unspecified atom stereocenters. The van der Waals surface area contributed by atoms with E-state index in [0.717, 1.165) is 30.8 Å². The van der Waals surface area contributed by atoms with Crippen molar-refractivity contribution in [2.75, 3.05) is 12.3 Å². The number of aryl methyl sites for hydroxylation is 1. The maximum Gasteiger partial charge on any atom is 0.0888 e. The van der Waals surface area contributed by atoms with Crippen molar-refractivity contribution >= 4 is 5.69 Å². The van der Waals surface area contributed by atoms with Gasteiger partial charge in [-0.25, -0.2) is 0 Å². The van der Waals surface area contributed by atoms with E-state index in [1.807, 2.05) is 12.1 Å². The van der Waals surface area contributed by atoms with E-state index in [1.165, 1.54) is 5.56 Å². The second kappa shape index (κ2) is 6.77. The van der Waals surface area contributed by atoms with Crippen LogP contribution in [0.1, 0.15) is 17.7 Å². The number of hydrogen-bond donors (Lipinski definition) is 1. The van der Waals surface area contributed by atoms with Crippen LogP contribution in [0.3, 0.4) is 0 Å². The number of aromatic nitrogens is 1. The highest BCUT2D eigenvalue weighted by Gasteiger charge is 1.96. The van der Waals surface area contributed by atoms with Crippen molar-refractivity contribution in [2.45, 2.75) is 19.4 Å². The Morgan fingerprint density at radius 3 is 2.72 bits per heavy atom. The van der Waals surface area contributed by atoms with Gasteiger partial charge in [-0.2, -0.15) is 0 Å². The van der Waals surface area contributed by atoms with E-state index in [0.29, 0.717) is 6.61 Å². The van der Waals surface area contributed by atoms with Crippen LogP contribution >= 0.6 is 0 Å². The summed E-state index contributed by atoms with van der Waals surface area (Å²) in [7, 11) is 0. The van der Waals surface area contributed by atoms with Crippen LogP contribution in [-0.4, -0.2) is 11.6 Å². The lowest BCUT2D eigenvalue weighted by Gasteiger charge is -2.04. The Bertz CT molecular complexity index is 471. The standard InChI is InChI=1S/C15H18N2O/c16-14-8-9-17-15(11-14)12-18-10-4-7-13-5-2-1-3-6-13/h1-3,5-6,8-9,11H,4,7,10,12H2,(H2,16,17). The monoisotopic (exact) mass is 242 g/mol. The van der Waals surface area contributed by atoms with Crippen LogP contribution in [0.5, 0.6) is 0 Å². The molecule has 0 aliphatic rings. The summed E-state index contributed by atoms with van der Waals surface area (Å²) in [6.45, 7) is 1.27. The van der Waals surface area contributed by atoms with Crippen LogP contribution < -0.4 is 5.73 Å². The molecule has 0 saturated carbocycles. The number of anilines is 1. The second-order valence-corrected chi connectivity index (χ2v) is 4.22. The summed E-state index contributed by atoms with van der Waals surface area (Å²) in [5.41, 5.74) is 8.63. The van der Waals surface area contributed by atoms with Crippen LogP contribution in [0.15, 0.2) is 48.7 Å². The number of ether oxygens (including phenoxy) is 1. The molecular weight excluding hydrogens is 224 g/mol. The quantitative estimate of drug-likeness (QED) is 0.792. The Balaban J connectivity index is 1.65. The van der Waals surface area contributed by atoms with Crippen LogP contribution in [0.4, 0.5) is 5.69 Å². The largest absolute Gasteiger partial charge is 0.399 e. The first kappa shape index (κ1) is 12.6. The van der Waals surface area contributed by atoms with Gasteiger partial charge in [0.2, 0.25) is 0 Å². The highest BCUT2D eigenvalue weighted by atomic mass is 16.5. The zero-order valence-corrected chi connectivity index (χ0v) is 10.4. The van der Waals surface area contributed by atoms with Gasteiger partial charge in [0.25, 0.3) is 0 Å². The molecule has 1 aromatic heterocycles. The summed E-state index contributed by atoms with van der Waals surface area (Å²) in [6.07, 6.45) is 3.77. The van der Waals surface area contributed by atoms with Gasteiger partial charge in [0.05, 0.1) is 12.3 Å². The topological polar surface area (TPSA) is 48.1 Å². The van der Waals surface area contributed by atoms with Crippen molar-refractivity contribution in [1.82, 2.24) is 4.98 Å². The molecule has 1 heterocycles. The van der Waals surface area contributed by atoms with Crippen molar-refractivity contribution in [3.05, 3.63) is 59.9 Å². The Morgan fingerprint density at radius 1 is 1.11 bits per heavy atom. The van der Waals surface area contributed by atoms with Crippen molar-refractivity contribution < 1.29 is 4.74 Å². The lowest BCUT2D eigenvalue weighted by molar-refractivity contribution is 0.116. The number of nitrogen functional groups attached to an aromatic ring is 1. The molecular formula is C15H18N2O. The van der Waals surface area contributed by atoms with Gasteiger partial charge in [-0.15, -0.1) is 0 Å². The van der Waals surface area contributed by atoms with Gasteiger partial charge in [0.15, 0.2) is 0 Å². The molecule has 0 fully saturated rings. The first-order chi connectivity index (χ1) is 8.84. The van der Waals surface area contributed by atoms with E-state index in [1.54, 1.807) is 12.3 Å². The average Bonchev–Trinajstić information content (AvgIpc) is 2.40. The molecule has 3 heteroatoms. The molecule has 0 saturated heterocycles. The van der Waals surface area contributed by atoms with Crippen molar-refractivity contribution in [2.24, 2.45) is 0 Å². The third-order valence-electron chi connectivity index (χ3n) is 2.69. The highest BCUT2D eigenvalue weighted by Crippen LogP contribution is 2.06. The maximum atomic E-state index is 5.67. The Morgan fingerprint density at radius 2 is 1.94 bits per heavy atom. The summed E-state index contributed by atoms with van der Waals surface area (Å²) in [6, 6.07) is 14.1. The first-order valence-electron chi connectivity index (χ1n) is 6.16. The summed E-state index contributed by atoms with van der Waals surface area (Å²) in [4.78, 5) is 4.19. The number of benzene rings is 1. The molecule has 2 N–H and O–H groups in total. The summed E-state index contributed by atoms with van der Waals surface area (Å²) < 4.78 is 5.58. The molecule has 18 heavy (non-hydrogen) atoms. The fourth-order valence-corrected chi connectivity index (χ4v) is 1.78. The smallest absolute Gasteiger partial charge is 0.0888 e. The SMILES string of the molecule is Nc1ccnc(COCCCc2ccccc2)c1. The summed E-state index contributed by atoms with van der Waals surface area (Å²) in [5, 5.41) is 0. The number of rotatable bonds is 6. The molecule has 2 rings (SSSR count). The molecule has 2 aromatic rings. The fourth-order valence-electron chi connectivity index (χ4n) is 1.78. The van der Waals surface area contributed by atoms with E-state index in [-0.39, 0.29) is 0 Å². The van der Waals surface area contributed by atoms with Gasteiger partial charge in [-0.1, -0.05) is 30.3 Å². The van der Waals surface area contributed by atoms with Gasteiger partial charge < -0.3 is 10.5 Å². The minimum absolute atomic E-state index is 0.528. The van der Waals surface area contributed by atoms with Gasteiger partial charge >= 0.3 is 0 Å². The van der Waals surface area contributed by atoms with Crippen molar-refractivity contribution in [3.8, 4) is 0 Å². The van der Waals surface area contributed by atoms with E-state index < -0.39 is 0 Å². The molecule has 0 atom stereocenters. The van der Waals surface area contributed by atoms with Crippen LogP contribution in [0.25, 0.3) is 0 Å². The predicted molar refractivity (Wildman–Crippen MR) is 73.1 cm³/mol. The summed E-state index contributed by atoms with van der Waals surface area (Å²) in [5.74, 6) is 0. The van der Waals surface area contributed by atoms with E-state index in [2.05, 4.69) is 29.2 Å². The molecule has 0 radical (unpaired) electrons. The summed E-state index contributed by atoms with van der Waals surface area (Å²) >= 11 is 0. The van der Waals surface area contributed by atoms with E-state index in [9.17, 15) is 0 Å². The Hall–Kier alpha value is -1.87. The minimum Gasteiger partial charge on any atom is -0.399 e. The normalized spacial score (nSPS) is 10.4. The Labute approximate surface area is 108 Å². The second-order valence-electron chi connectivity index (χ2n) is 4.22. The molecule has 0 spiro atoms. The number of pyridine rings is 1. The molecule has 1 aromatic carbocycles. The lowest BCUT2D eigenvalue weighted by Crippen LogP contribution is -2.00. The van der Waals surface area contributed by atoms with Crippen molar-refractivity contribution in [1.29, 1.82) is 0 Å². The van der Waals surface area contributed by atoms with Gasteiger partial charge in [-0.05, 0) is 30.5 Å². The van der Waals surface area contributed by atoms with Crippen molar-refractivity contribution in [3.63, 3.8) is 0 Å². The van der Waals surface area contributed by atoms with Gasteiger partial charge in [-0.3, -0.25) is 4.98 Å². The fraction of sp³-hybridized carbons (Fsp3) is 0.267. The molecule has 0 bridgehead atoms. The third kappa shape index (κ3) is 4.18. The molecule has 3 nitrogen and oxygen atoms in total. The molecule has 94 valence electrons. The van der Waals surface area contributed by atoms with Gasteiger partial charge in [0, 0.05) is 18.5 Å². The Kier molecular flexibility index (Phi) is 4.73. The molecule has 0 aliphatic carbocycles. The highest BCUT2D eigenvalue weighted by molar-refractivity contribution is 5.36. The predicted octanol–water partition coefficient (Wildman–Crippen LogP) is 2.81. The maximum absolute atomic E-state index is 5.67. The van der Waals surface area contributed by atoms with Gasteiger partial charge in [0.1, 0.15) is 0 Å². The molecule has 0 aliphatic heterocycles. The number of hydrogen-bond acceptors (Lipinski definition) is 3. The molecule has 0 amide bonds. The lowest BCUT2D eigenvalue weighted by atomic mass is 10.1. The number of nitrogens with two attached hydrogens (primary N) is 1. The first-order valence-corrected chi connectivity index (χ1v) is 6.16. The third-order valence-corrected chi connectivity index (χ3v) is 2.69. The van der Waals surface area contributed by atoms with Crippen LogP contribution in [0.2, 0.25) is 0 Å². The average molecular weight is 242 g/mol. The van der Waals surface area contributed by atoms with E-state index in [4.69, 9.17) is 10.5 Å². The minimum atomic E-state index is 0.528. The zero-order chi connectivity index (χ0) is 12.6. The van der Waals surface area contributed by atoms with E-state index >= 15 is 0 Å².